The Labute approximate surface area is 157 Å². The first-order valence-corrected chi connectivity index (χ1v) is 8.86. The van der Waals surface area contributed by atoms with Gasteiger partial charge in [-0.1, -0.05) is 60.7 Å². The maximum absolute atomic E-state index is 13.4. The van der Waals surface area contributed by atoms with Gasteiger partial charge < -0.3 is 9.30 Å². The summed E-state index contributed by atoms with van der Waals surface area (Å²) in [6.07, 6.45) is 2.11. The van der Waals surface area contributed by atoms with Crippen molar-refractivity contribution in [1.82, 2.24) is 4.57 Å². The summed E-state index contributed by atoms with van der Waals surface area (Å²) in [5, 5.41) is 2.87. The highest BCUT2D eigenvalue weighted by Crippen LogP contribution is 2.27. The molecule has 1 heterocycles. The minimum Gasteiger partial charge on any atom is -0.469 e. The molecule has 0 N–H and O–H groups in total. The summed E-state index contributed by atoms with van der Waals surface area (Å²) in [6.45, 7) is 0.468. The van der Waals surface area contributed by atoms with Crippen LogP contribution in [0.2, 0.25) is 0 Å². The Kier molecular flexibility index (Phi) is 4.47. The third kappa shape index (κ3) is 3.10. The number of hydrogen-bond donors (Lipinski definition) is 0. The van der Waals surface area contributed by atoms with Crippen molar-refractivity contribution in [3.63, 3.8) is 0 Å². The Bertz CT molecular complexity index is 1150. The fourth-order valence-electron chi connectivity index (χ4n) is 3.50. The van der Waals surface area contributed by atoms with Gasteiger partial charge in [0.1, 0.15) is 0 Å². The molecule has 1 aromatic heterocycles. The predicted molar refractivity (Wildman–Crippen MR) is 106 cm³/mol. The van der Waals surface area contributed by atoms with Gasteiger partial charge in [0.25, 0.3) is 0 Å². The van der Waals surface area contributed by atoms with Gasteiger partial charge in [0.05, 0.1) is 13.5 Å². The van der Waals surface area contributed by atoms with E-state index in [0.717, 1.165) is 21.7 Å². The molecule has 0 atom stereocenters. The number of ether oxygens (including phenoxy) is 1. The third-order valence-corrected chi connectivity index (χ3v) is 4.85. The molecule has 4 heteroatoms. The van der Waals surface area contributed by atoms with E-state index in [2.05, 4.69) is 0 Å². The van der Waals surface area contributed by atoms with E-state index in [9.17, 15) is 9.59 Å². The molecule has 134 valence electrons. The molecule has 0 aliphatic heterocycles. The normalized spacial score (nSPS) is 11.0. The van der Waals surface area contributed by atoms with Gasteiger partial charge in [-0.25, -0.2) is 0 Å². The van der Waals surface area contributed by atoms with E-state index >= 15 is 0 Å². The second-order valence-electron chi connectivity index (χ2n) is 6.44. The molecule has 0 aliphatic carbocycles. The number of hydrogen-bond acceptors (Lipinski definition) is 3. The zero-order chi connectivity index (χ0) is 18.8. The van der Waals surface area contributed by atoms with Crippen molar-refractivity contribution < 1.29 is 14.3 Å². The molecule has 0 fully saturated rings. The number of rotatable bonds is 5. The molecule has 0 spiro atoms. The first-order chi connectivity index (χ1) is 13.2. The number of methoxy groups -OCH3 is 1. The lowest BCUT2D eigenvalue weighted by molar-refractivity contribution is -0.140. The molecule has 0 bridgehead atoms. The number of ketones is 1. The van der Waals surface area contributed by atoms with Gasteiger partial charge >= 0.3 is 5.97 Å². The van der Waals surface area contributed by atoms with Crippen LogP contribution in [0.3, 0.4) is 0 Å². The minimum atomic E-state index is -0.269. The van der Waals surface area contributed by atoms with Crippen molar-refractivity contribution in [2.45, 2.75) is 13.0 Å². The predicted octanol–water partition coefficient (Wildman–Crippen LogP) is 4.59. The van der Waals surface area contributed by atoms with Gasteiger partial charge in [-0.15, -0.1) is 0 Å². The van der Waals surface area contributed by atoms with E-state index in [-0.39, 0.29) is 18.2 Å². The highest BCUT2D eigenvalue weighted by molar-refractivity contribution is 6.21. The van der Waals surface area contributed by atoms with Crippen molar-refractivity contribution in [2.24, 2.45) is 0 Å². The molecule has 0 saturated carbocycles. The highest BCUT2D eigenvalue weighted by Gasteiger charge is 2.18. The largest absolute Gasteiger partial charge is 0.469 e. The maximum atomic E-state index is 13.4. The molecular weight excluding hydrogens is 338 g/mol. The summed E-state index contributed by atoms with van der Waals surface area (Å²) in [6, 6.07) is 21.4. The smallest absolute Gasteiger partial charge is 0.307 e. The molecule has 0 aliphatic rings. The van der Waals surface area contributed by atoms with Crippen LogP contribution >= 0.6 is 0 Å². The second kappa shape index (κ2) is 7.08. The number of fused-ring (bicyclic) bond motifs is 2. The molecule has 0 unspecified atom stereocenters. The van der Waals surface area contributed by atoms with Crippen molar-refractivity contribution in [3.8, 4) is 0 Å². The zero-order valence-corrected chi connectivity index (χ0v) is 15.0. The fourth-order valence-corrected chi connectivity index (χ4v) is 3.50. The minimum absolute atomic E-state index is 0.0141. The topological polar surface area (TPSA) is 48.3 Å². The Hall–Kier alpha value is -3.40. The number of carbonyl (C=O) groups excluding carboxylic acids is 2. The quantitative estimate of drug-likeness (QED) is 0.388. The standard InChI is InChI=1S/C23H19NO3/c1-27-22(25)13-14-24-15-20(18-10-4-5-12-21(18)24)23(26)19-11-6-8-16-7-2-3-9-17(16)19/h2-12,15H,13-14H2,1H3. The lowest BCUT2D eigenvalue weighted by Crippen LogP contribution is -2.06. The average Bonchev–Trinajstić information content (AvgIpc) is 3.10. The molecule has 27 heavy (non-hydrogen) atoms. The van der Waals surface area contributed by atoms with E-state index in [4.69, 9.17) is 4.74 Å². The molecule has 3 aromatic carbocycles. The van der Waals surface area contributed by atoms with Gasteiger partial charge in [0.15, 0.2) is 5.78 Å². The van der Waals surface area contributed by atoms with Crippen molar-refractivity contribution >= 4 is 33.4 Å². The first-order valence-electron chi connectivity index (χ1n) is 8.86. The van der Waals surface area contributed by atoms with Crippen LogP contribution in [0.15, 0.2) is 72.9 Å². The van der Waals surface area contributed by atoms with E-state index in [1.807, 2.05) is 77.5 Å². The number of esters is 1. The Morgan fingerprint density at radius 2 is 1.56 bits per heavy atom. The number of carbonyl (C=O) groups is 2. The van der Waals surface area contributed by atoms with Gasteiger partial charge in [-0.2, -0.15) is 0 Å². The van der Waals surface area contributed by atoms with E-state index in [1.165, 1.54) is 7.11 Å². The molecule has 4 rings (SSSR count). The number of aromatic nitrogens is 1. The summed E-state index contributed by atoms with van der Waals surface area (Å²) in [5.41, 5.74) is 2.26. The lowest BCUT2D eigenvalue weighted by atomic mass is 9.97. The fraction of sp³-hybridized carbons (Fsp3) is 0.130. The van der Waals surface area contributed by atoms with Crippen molar-refractivity contribution in [2.75, 3.05) is 7.11 Å². The number of nitrogens with zero attached hydrogens (tertiary/aromatic N) is 1. The number of para-hydroxylation sites is 1. The van der Waals surface area contributed by atoms with Crippen molar-refractivity contribution in [1.29, 1.82) is 0 Å². The molecule has 4 nitrogen and oxygen atoms in total. The summed E-state index contributed by atoms with van der Waals surface area (Å²) < 4.78 is 6.69. The average molecular weight is 357 g/mol. The molecule has 4 aromatic rings. The Morgan fingerprint density at radius 3 is 2.37 bits per heavy atom. The second-order valence-corrected chi connectivity index (χ2v) is 6.44. The van der Waals surface area contributed by atoms with Crippen LogP contribution in [0.25, 0.3) is 21.7 Å². The molecule has 0 amide bonds. The number of aryl methyl sites for hydroxylation is 1. The van der Waals surface area contributed by atoms with Crippen LogP contribution in [0.1, 0.15) is 22.3 Å². The van der Waals surface area contributed by atoms with Crippen molar-refractivity contribution in [3.05, 3.63) is 84.1 Å². The molecular formula is C23H19NO3. The summed E-state index contributed by atoms with van der Waals surface area (Å²) in [4.78, 5) is 24.9. The van der Waals surface area contributed by atoms with E-state index in [1.54, 1.807) is 0 Å². The summed E-state index contributed by atoms with van der Waals surface area (Å²) >= 11 is 0. The van der Waals surface area contributed by atoms with Crippen LogP contribution in [0.5, 0.6) is 0 Å². The zero-order valence-electron chi connectivity index (χ0n) is 15.0. The van der Waals surface area contributed by atoms with Crippen LogP contribution < -0.4 is 0 Å². The maximum Gasteiger partial charge on any atom is 0.307 e. The number of benzene rings is 3. The third-order valence-electron chi connectivity index (χ3n) is 4.85. The van der Waals surface area contributed by atoms with Gasteiger partial charge in [0.2, 0.25) is 0 Å². The van der Waals surface area contributed by atoms with Crippen LogP contribution in [-0.2, 0) is 16.1 Å². The first kappa shape index (κ1) is 17.0. The van der Waals surface area contributed by atoms with Gasteiger partial charge in [-0.05, 0) is 16.8 Å². The van der Waals surface area contributed by atoms with Crippen LogP contribution in [-0.4, -0.2) is 23.4 Å². The Balaban J connectivity index is 1.81. The monoisotopic (exact) mass is 357 g/mol. The summed E-state index contributed by atoms with van der Waals surface area (Å²) in [7, 11) is 1.38. The van der Waals surface area contributed by atoms with Gasteiger partial charge in [-0.3, -0.25) is 9.59 Å². The lowest BCUT2D eigenvalue weighted by Gasteiger charge is -2.05. The molecule has 0 saturated heterocycles. The van der Waals surface area contributed by atoms with Crippen LogP contribution in [0, 0.1) is 0 Å². The van der Waals surface area contributed by atoms with E-state index in [0.29, 0.717) is 17.7 Å². The SMILES string of the molecule is COC(=O)CCn1cc(C(=O)c2cccc3ccccc23)c2ccccc21. The van der Waals surface area contributed by atoms with Gasteiger partial charge in [0, 0.05) is 34.8 Å². The van der Waals surface area contributed by atoms with Crippen LogP contribution in [0.4, 0.5) is 0 Å². The highest BCUT2D eigenvalue weighted by atomic mass is 16.5. The van der Waals surface area contributed by atoms with E-state index < -0.39 is 0 Å². The Morgan fingerprint density at radius 1 is 0.852 bits per heavy atom. The molecule has 0 radical (unpaired) electrons. The summed E-state index contributed by atoms with van der Waals surface area (Å²) in [5.74, 6) is -0.283.